The maximum Gasteiger partial charge on any atom is 0.418 e. The Labute approximate surface area is 110 Å². The molecule has 1 aliphatic heterocycles. The zero-order chi connectivity index (χ0) is 14.7. The molecule has 0 radical (unpaired) electrons. The molecule has 0 aromatic carbocycles. The van der Waals surface area contributed by atoms with E-state index in [4.69, 9.17) is 4.74 Å². The van der Waals surface area contributed by atoms with Crippen molar-refractivity contribution in [3.05, 3.63) is 0 Å². The summed E-state index contributed by atoms with van der Waals surface area (Å²) in [6.07, 6.45) is -4.00. The fourth-order valence-corrected chi connectivity index (χ4v) is 2.28. The van der Waals surface area contributed by atoms with E-state index in [1.807, 2.05) is 6.92 Å². The molecule has 19 heavy (non-hydrogen) atoms. The highest BCUT2D eigenvalue weighted by Crippen LogP contribution is 2.38. The van der Waals surface area contributed by atoms with E-state index >= 15 is 0 Å². The normalized spacial score (nSPS) is 26.4. The zero-order valence-electron chi connectivity index (χ0n) is 11.2. The highest BCUT2D eigenvalue weighted by molar-refractivity contribution is 5.75. The van der Waals surface area contributed by atoms with Crippen molar-refractivity contribution in [2.24, 2.45) is 0 Å². The molecule has 112 valence electrons. The van der Waals surface area contributed by atoms with Crippen LogP contribution in [-0.4, -0.2) is 53.5 Å². The molecular formula is C12H20F3NO3. The minimum Gasteiger partial charge on any atom is -0.465 e. The number of hydrogen-bond donors (Lipinski definition) is 1. The standard InChI is InChI=1S/C12H20F3NO3/c1-3-5-9(10(17)19-4-2)16-7-6-11(18,8-16)12(13,14)15/h9,18H,3-8H2,1-2H3. The van der Waals surface area contributed by atoms with Crippen molar-refractivity contribution < 1.29 is 27.8 Å². The largest absolute Gasteiger partial charge is 0.465 e. The molecule has 0 aromatic rings. The lowest BCUT2D eigenvalue weighted by Crippen LogP contribution is -2.50. The van der Waals surface area contributed by atoms with Gasteiger partial charge in [0.1, 0.15) is 6.04 Å². The summed E-state index contributed by atoms with van der Waals surface area (Å²) < 4.78 is 43.1. The second kappa shape index (κ2) is 6.09. The van der Waals surface area contributed by atoms with Gasteiger partial charge in [0.2, 0.25) is 0 Å². The van der Waals surface area contributed by atoms with E-state index in [0.717, 1.165) is 0 Å². The van der Waals surface area contributed by atoms with Gasteiger partial charge >= 0.3 is 12.1 Å². The molecule has 1 rings (SSSR count). The predicted molar refractivity (Wildman–Crippen MR) is 62.5 cm³/mol. The van der Waals surface area contributed by atoms with Crippen LogP contribution < -0.4 is 0 Å². The molecule has 0 bridgehead atoms. The summed E-state index contributed by atoms with van der Waals surface area (Å²) in [5.74, 6) is -0.518. The third-order valence-electron chi connectivity index (χ3n) is 3.37. The average molecular weight is 283 g/mol. The van der Waals surface area contributed by atoms with Crippen molar-refractivity contribution in [1.29, 1.82) is 0 Å². The third-order valence-corrected chi connectivity index (χ3v) is 3.37. The van der Waals surface area contributed by atoms with Crippen molar-refractivity contribution in [1.82, 2.24) is 4.90 Å². The summed E-state index contributed by atoms with van der Waals surface area (Å²) in [5, 5.41) is 9.61. The zero-order valence-corrected chi connectivity index (χ0v) is 11.2. The Morgan fingerprint density at radius 3 is 2.53 bits per heavy atom. The van der Waals surface area contributed by atoms with Gasteiger partial charge in [-0.3, -0.25) is 9.69 Å². The highest BCUT2D eigenvalue weighted by Gasteiger charge is 2.58. The van der Waals surface area contributed by atoms with Crippen LogP contribution in [0.5, 0.6) is 0 Å². The molecule has 7 heteroatoms. The number of rotatable bonds is 5. The number of aliphatic hydroxyl groups is 1. The van der Waals surface area contributed by atoms with Crippen LogP contribution in [-0.2, 0) is 9.53 Å². The van der Waals surface area contributed by atoms with Crippen LogP contribution in [0.1, 0.15) is 33.1 Å². The smallest absolute Gasteiger partial charge is 0.418 e. The van der Waals surface area contributed by atoms with Crippen LogP contribution in [0, 0.1) is 0 Å². The number of nitrogens with zero attached hydrogens (tertiary/aromatic N) is 1. The van der Waals surface area contributed by atoms with Crippen molar-refractivity contribution >= 4 is 5.97 Å². The molecule has 1 aliphatic rings. The van der Waals surface area contributed by atoms with Crippen LogP contribution in [0.25, 0.3) is 0 Å². The van der Waals surface area contributed by atoms with Crippen LogP contribution in [0.3, 0.4) is 0 Å². The van der Waals surface area contributed by atoms with E-state index in [9.17, 15) is 23.1 Å². The van der Waals surface area contributed by atoms with Crippen molar-refractivity contribution in [2.75, 3.05) is 19.7 Å². The Bertz CT molecular complexity index is 322. The molecule has 1 saturated heterocycles. The van der Waals surface area contributed by atoms with Crippen molar-refractivity contribution in [2.45, 2.75) is 50.9 Å². The van der Waals surface area contributed by atoms with E-state index in [1.165, 1.54) is 4.90 Å². The first-order valence-corrected chi connectivity index (χ1v) is 6.45. The van der Waals surface area contributed by atoms with Crippen LogP contribution in [0.2, 0.25) is 0 Å². The Morgan fingerprint density at radius 2 is 2.11 bits per heavy atom. The number of carbonyl (C=O) groups excluding carboxylic acids is 1. The van der Waals surface area contributed by atoms with E-state index in [0.29, 0.717) is 12.8 Å². The second-order valence-electron chi connectivity index (χ2n) is 4.81. The fraction of sp³-hybridized carbons (Fsp3) is 0.917. The molecular weight excluding hydrogens is 263 g/mol. The minimum atomic E-state index is -4.67. The summed E-state index contributed by atoms with van der Waals surface area (Å²) in [6.45, 7) is 3.16. The Kier molecular flexibility index (Phi) is 5.20. The van der Waals surface area contributed by atoms with Gasteiger partial charge in [0, 0.05) is 13.1 Å². The third kappa shape index (κ3) is 3.60. The number of hydrogen-bond acceptors (Lipinski definition) is 4. The Morgan fingerprint density at radius 1 is 1.47 bits per heavy atom. The predicted octanol–water partition coefficient (Wildman–Crippen LogP) is 1.72. The molecule has 0 amide bonds. The molecule has 1 fully saturated rings. The molecule has 1 N–H and O–H groups in total. The maximum absolute atomic E-state index is 12.7. The number of ether oxygens (including phenoxy) is 1. The lowest BCUT2D eigenvalue weighted by Gasteiger charge is -2.29. The van der Waals surface area contributed by atoms with E-state index in [2.05, 4.69) is 0 Å². The van der Waals surface area contributed by atoms with Gasteiger partial charge in [0.15, 0.2) is 5.60 Å². The van der Waals surface area contributed by atoms with Gasteiger partial charge in [-0.15, -0.1) is 0 Å². The van der Waals surface area contributed by atoms with Crippen LogP contribution in [0.15, 0.2) is 0 Å². The highest BCUT2D eigenvalue weighted by atomic mass is 19.4. The fourth-order valence-electron chi connectivity index (χ4n) is 2.28. The molecule has 0 aliphatic carbocycles. The summed E-state index contributed by atoms with van der Waals surface area (Å²) in [6, 6.07) is -0.707. The quantitative estimate of drug-likeness (QED) is 0.781. The summed E-state index contributed by atoms with van der Waals surface area (Å²) in [4.78, 5) is 13.1. The second-order valence-corrected chi connectivity index (χ2v) is 4.81. The number of halogens is 3. The van der Waals surface area contributed by atoms with Gasteiger partial charge in [-0.05, 0) is 19.8 Å². The number of β-amino-alcohol motifs (C(OH)–C–C–N with tert-alkyl or cyclic N) is 1. The Hall–Kier alpha value is -0.820. The molecule has 0 aromatic heterocycles. The monoisotopic (exact) mass is 283 g/mol. The Balaban J connectivity index is 2.76. The molecule has 0 saturated carbocycles. The molecule has 2 atom stereocenters. The summed E-state index contributed by atoms with van der Waals surface area (Å²) in [5.41, 5.74) is -2.72. The maximum atomic E-state index is 12.7. The first kappa shape index (κ1) is 16.2. The topological polar surface area (TPSA) is 49.8 Å². The lowest BCUT2D eigenvalue weighted by molar-refractivity contribution is -0.254. The number of esters is 1. The minimum absolute atomic E-state index is 0.0412. The van der Waals surface area contributed by atoms with Gasteiger partial charge in [-0.25, -0.2) is 0 Å². The molecule has 4 nitrogen and oxygen atoms in total. The van der Waals surface area contributed by atoms with Crippen molar-refractivity contribution in [3.63, 3.8) is 0 Å². The number of carbonyl (C=O) groups is 1. The first-order valence-electron chi connectivity index (χ1n) is 6.45. The lowest BCUT2D eigenvalue weighted by atomic mass is 10.0. The number of alkyl halides is 3. The molecule has 1 heterocycles. The van der Waals surface area contributed by atoms with Crippen LogP contribution in [0.4, 0.5) is 13.2 Å². The van der Waals surface area contributed by atoms with Gasteiger partial charge in [-0.2, -0.15) is 13.2 Å². The molecule has 2 unspecified atom stereocenters. The van der Waals surface area contributed by atoms with Gasteiger partial charge in [0.25, 0.3) is 0 Å². The van der Waals surface area contributed by atoms with E-state index < -0.39 is 36.8 Å². The van der Waals surface area contributed by atoms with E-state index in [-0.39, 0.29) is 13.2 Å². The summed E-state index contributed by atoms with van der Waals surface area (Å²) in [7, 11) is 0. The van der Waals surface area contributed by atoms with Crippen molar-refractivity contribution in [3.8, 4) is 0 Å². The van der Waals surface area contributed by atoms with Gasteiger partial charge < -0.3 is 9.84 Å². The van der Waals surface area contributed by atoms with Crippen LogP contribution >= 0.6 is 0 Å². The molecule has 0 spiro atoms. The number of likely N-dealkylation sites (tertiary alicyclic amines) is 1. The van der Waals surface area contributed by atoms with Gasteiger partial charge in [-0.1, -0.05) is 13.3 Å². The first-order chi connectivity index (χ1) is 8.75. The van der Waals surface area contributed by atoms with E-state index in [1.54, 1.807) is 6.92 Å². The summed E-state index contributed by atoms with van der Waals surface area (Å²) >= 11 is 0. The average Bonchev–Trinajstić information content (AvgIpc) is 2.69. The van der Waals surface area contributed by atoms with Gasteiger partial charge in [0.05, 0.1) is 6.61 Å². The SMILES string of the molecule is CCCC(C(=O)OCC)N1CCC(O)(C(F)(F)F)C1.